The van der Waals surface area contributed by atoms with Gasteiger partial charge in [0.2, 0.25) is 10.0 Å². The summed E-state index contributed by atoms with van der Waals surface area (Å²) in [6.07, 6.45) is 0.781. The van der Waals surface area contributed by atoms with Crippen LogP contribution in [0.1, 0.15) is 29.2 Å². The second-order valence-corrected chi connectivity index (χ2v) is 7.97. The molecule has 0 N–H and O–H groups in total. The summed E-state index contributed by atoms with van der Waals surface area (Å²) in [6, 6.07) is 15.8. The number of aryl methyl sites for hydroxylation is 1. The van der Waals surface area contributed by atoms with Gasteiger partial charge in [-0.2, -0.15) is 4.31 Å². The van der Waals surface area contributed by atoms with E-state index in [-0.39, 0.29) is 11.8 Å². The fourth-order valence-electron chi connectivity index (χ4n) is 3.08. The number of benzene rings is 2. The van der Waals surface area contributed by atoms with Crippen molar-refractivity contribution < 1.29 is 8.42 Å². The lowest BCUT2D eigenvalue weighted by Gasteiger charge is -2.34. The molecule has 1 heterocycles. The first-order valence-corrected chi connectivity index (χ1v) is 9.19. The van der Waals surface area contributed by atoms with E-state index in [1.807, 2.05) is 56.3 Å². The fraction of sp³-hybridized carbons (Fsp3) is 0.333. The molecular formula is C18H21NO2S. The first kappa shape index (κ1) is 15.3. The monoisotopic (exact) mass is 315 g/mol. The van der Waals surface area contributed by atoms with Crippen LogP contribution in [0.5, 0.6) is 0 Å². The van der Waals surface area contributed by atoms with Crippen LogP contribution in [0.4, 0.5) is 0 Å². The van der Waals surface area contributed by atoms with Crippen molar-refractivity contribution in [2.45, 2.75) is 38.6 Å². The zero-order valence-electron chi connectivity index (χ0n) is 13.0. The van der Waals surface area contributed by atoms with Gasteiger partial charge in [-0.15, -0.1) is 0 Å². The topological polar surface area (TPSA) is 37.4 Å². The molecule has 0 bridgehead atoms. The van der Waals surface area contributed by atoms with Crippen molar-refractivity contribution in [3.8, 4) is 0 Å². The minimum absolute atomic E-state index is 0.00363. The van der Waals surface area contributed by atoms with Crippen LogP contribution in [0.25, 0.3) is 0 Å². The lowest BCUT2D eigenvalue weighted by Crippen LogP contribution is -2.43. The van der Waals surface area contributed by atoms with Gasteiger partial charge < -0.3 is 0 Å². The Labute approximate surface area is 132 Å². The quantitative estimate of drug-likeness (QED) is 0.872. The van der Waals surface area contributed by atoms with Crippen LogP contribution in [0.2, 0.25) is 0 Å². The van der Waals surface area contributed by atoms with E-state index in [0.29, 0.717) is 6.54 Å². The molecule has 22 heavy (non-hydrogen) atoms. The van der Waals surface area contributed by atoms with Crippen molar-refractivity contribution >= 4 is 10.0 Å². The third kappa shape index (κ3) is 2.94. The van der Waals surface area contributed by atoms with Crippen molar-refractivity contribution in [3.05, 3.63) is 70.8 Å². The highest BCUT2D eigenvalue weighted by atomic mass is 32.2. The molecule has 0 saturated carbocycles. The molecule has 0 aliphatic carbocycles. The van der Waals surface area contributed by atoms with Gasteiger partial charge in [0, 0.05) is 12.6 Å². The minimum atomic E-state index is -3.32. The van der Waals surface area contributed by atoms with Crippen LogP contribution in [0, 0.1) is 6.92 Å². The normalized spacial score (nSPS) is 18.9. The second-order valence-electron chi connectivity index (χ2n) is 6.05. The van der Waals surface area contributed by atoms with Crippen molar-refractivity contribution in [3.63, 3.8) is 0 Å². The molecule has 1 aliphatic heterocycles. The maximum Gasteiger partial charge on any atom is 0.218 e. The van der Waals surface area contributed by atoms with Gasteiger partial charge in [0.15, 0.2) is 0 Å². The molecule has 1 aliphatic rings. The number of fused-ring (bicyclic) bond motifs is 1. The lowest BCUT2D eigenvalue weighted by atomic mass is 9.97. The van der Waals surface area contributed by atoms with Gasteiger partial charge in [0.1, 0.15) is 0 Å². The second kappa shape index (κ2) is 5.86. The molecule has 0 fully saturated rings. The Morgan fingerprint density at radius 2 is 1.68 bits per heavy atom. The van der Waals surface area contributed by atoms with Crippen molar-refractivity contribution in [2.24, 2.45) is 0 Å². The van der Waals surface area contributed by atoms with Crippen LogP contribution >= 0.6 is 0 Å². The van der Waals surface area contributed by atoms with Gasteiger partial charge >= 0.3 is 0 Å². The maximum absolute atomic E-state index is 12.9. The van der Waals surface area contributed by atoms with Crippen molar-refractivity contribution in [1.82, 2.24) is 4.31 Å². The summed E-state index contributed by atoms with van der Waals surface area (Å²) in [7, 11) is -3.32. The van der Waals surface area contributed by atoms with E-state index >= 15 is 0 Å². The van der Waals surface area contributed by atoms with Gasteiger partial charge in [-0.05, 0) is 42.5 Å². The summed E-state index contributed by atoms with van der Waals surface area (Å²) >= 11 is 0. The predicted molar refractivity (Wildman–Crippen MR) is 89.0 cm³/mol. The SMILES string of the molecule is Cc1ccccc1CS(=O)(=O)N1Cc2ccccc2CC1C. The van der Waals surface area contributed by atoms with Gasteiger partial charge in [-0.25, -0.2) is 8.42 Å². The average molecular weight is 315 g/mol. The molecule has 3 nitrogen and oxygen atoms in total. The smallest absolute Gasteiger partial charge is 0.212 e. The van der Waals surface area contributed by atoms with Crippen molar-refractivity contribution in [1.29, 1.82) is 0 Å². The number of hydrogen-bond acceptors (Lipinski definition) is 2. The molecule has 0 aromatic heterocycles. The molecule has 0 amide bonds. The highest BCUT2D eigenvalue weighted by Gasteiger charge is 2.32. The molecule has 4 heteroatoms. The molecule has 116 valence electrons. The Bertz CT molecular complexity index is 783. The summed E-state index contributed by atoms with van der Waals surface area (Å²) in [5.41, 5.74) is 4.29. The van der Waals surface area contributed by atoms with Crippen LogP contribution in [0.3, 0.4) is 0 Å². The first-order chi connectivity index (χ1) is 10.5. The fourth-order valence-corrected chi connectivity index (χ4v) is 4.92. The van der Waals surface area contributed by atoms with Crippen LogP contribution < -0.4 is 0 Å². The van der Waals surface area contributed by atoms with Gasteiger partial charge in [-0.3, -0.25) is 0 Å². The number of rotatable bonds is 3. The largest absolute Gasteiger partial charge is 0.218 e. The van der Waals surface area contributed by atoms with E-state index in [1.165, 1.54) is 5.56 Å². The summed E-state index contributed by atoms with van der Waals surface area (Å²) in [5, 5.41) is 0. The number of hydrogen-bond donors (Lipinski definition) is 0. The van der Waals surface area contributed by atoms with Gasteiger partial charge in [-0.1, -0.05) is 48.5 Å². The summed E-state index contributed by atoms with van der Waals surface area (Å²) in [6.45, 7) is 4.43. The molecule has 3 rings (SSSR count). The van der Waals surface area contributed by atoms with Crippen molar-refractivity contribution in [2.75, 3.05) is 0 Å². The van der Waals surface area contributed by atoms with Crippen LogP contribution in [-0.2, 0) is 28.7 Å². The highest BCUT2D eigenvalue weighted by Crippen LogP contribution is 2.27. The van der Waals surface area contributed by atoms with Gasteiger partial charge in [0.05, 0.1) is 5.75 Å². The zero-order chi connectivity index (χ0) is 15.7. The van der Waals surface area contributed by atoms with E-state index < -0.39 is 10.0 Å². The zero-order valence-corrected chi connectivity index (χ0v) is 13.8. The van der Waals surface area contributed by atoms with Gasteiger partial charge in [0.25, 0.3) is 0 Å². The molecule has 1 atom stereocenters. The van der Waals surface area contributed by atoms with E-state index in [2.05, 4.69) is 6.07 Å². The lowest BCUT2D eigenvalue weighted by molar-refractivity contribution is 0.309. The Kier molecular flexibility index (Phi) is 4.06. The summed E-state index contributed by atoms with van der Waals surface area (Å²) in [4.78, 5) is 0. The maximum atomic E-state index is 12.9. The van der Waals surface area contributed by atoms with E-state index in [4.69, 9.17) is 0 Å². The molecule has 2 aromatic rings. The van der Waals surface area contributed by atoms with Crippen LogP contribution in [-0.4, -0.2) is 18.8 Å². The molecule has 0 saturated heterocycles. The van der Waals surface area contributed by atoms with E-state index in [1.54, 1.807) is 4.31 Å². The number of nitrogens with zero attached hydrogens (tertiary/aromatic N) is 1. The average Bonchev–Trinajstić information content (AvgIpc) is 2.48. The van der Waals surface area contributed by atoms with E-state index in [9.17, 15) is 8.42 Å². The Balaban J connectivity index is 1.88. The Morgan fingerprint density at radius 3 is 2.41 bits per heavy atom. The summed E-state index contributed by atoms with van der Waals surface area (Å²) in [5.74, 6) is 0.0756. The van der Waals surface area contributed by atoms with E-state index in [0.717, 1.165) is 23.1 Å². The number of sulfonamides is 1. The predicted octanol–water partition coefficient (Wildman–Crippen LogP) is 3.27. The third-order valence-electron chi connectivity index (χ3n) is 4.41. The highest BCUT2D eigenvalue weighted by molar-refractivity contribution is 7.88. The molecule has 0 radical (unpaired) electrons. The molecular weight excluding hydrogens is 294 g/mol. The van der Waals surface area contributed by atoms with Crippen LogP contribution in [0.15, 0.2) is 48.5 Å². The standard InChI is InChI=1S/C18H21NO2S/c1-14-7-3-4-10-18(14)13-22(20,21)19-12-17-9-6-5-8-16(17)11-15(19)2/h3-10,15H,11-13H2,1-2H3. The third-order valence-corrected chi connectivity index (χ3v) is 6.29. The Morgan fingerprint density at radius 1 is 1.05 bits per heavy atom. The first-order valence-electron chi connectivity index (χ1n) is 7.58. The molecule has 0 spiro atoms. The molecule has 2 aromatic carbocycles. The Hall–Kier alpha value is -1.65. The molecule has 1 unspecified atom stereocenters. The minimum Gasteiger partial charge on any atom is -0.212 e. The summed E-state index contributed by atoms with van der Waals surface area (Å²) < 4.78 is 27.4.